The molecule has 0 heterocycles. The van der Waals surface area contributed by atoms with E-state index < -0.39 is 0 Å². The molecule has 0 spiro atoms. The molecule has 0 saturated carbocycles. The molecule has 0 atom stereocenters. The number of hydrogen-bond acceptors (Lipinski definition) is 1. The molecule has 0 fully saturated rings. The van der Waals surface area contributed by atoms with E-state index in [1.807, 2.05) is 0 Å². The summed E-state index contributed by atoms with van der Waals surface area (Å²) in [5.74, 6) is -0.0185. The van der Waals surface area contributed by atoms with Gasteiger partial charge in [-0.2, -0.15) is 6.42 Å². The molecule has 0 aliphatic carbocycles. The van der Waals surface area contributed by atoms with Gasteiger partial charge in [0.05, 0.1) is 0 Å². The Hall–Kier alpha value is 0.158. The Labute approximate surface area is 103 Å². The summed E-state index contributed by atoms with van der Waals surface area (Å²) in [4.78, 5) is 10.0. The van der Waals surface area contributed by atoms with Crippen LogP contribution in [-0.2, 0) is 25.9 Å². The van der Waals surface area contributed by atoms with Crippen LogP contribution < -0.4 is 5.32 Å². The van der Waals surface area contributed by atoms with Crippen molar-refractivity contribution in [3.05, 3.63) is 14.0 Å². The van der Waals surface area contributed by atoms with E-state index in [-0.39, 0.29) is 27.0 Å². The van der Waals surface area contributed by atoms with Crippen molar-refractivity contribution in [2.24, 2.45) is 5.41 Å². The van der Waals surface area contributed by atoms with E-state index in [1.165, 1.54) is 6.42 Å². The number of carbonyl (C=O) groups is 1. The van der Waals surface area contributed by atoms with E-state index in [0.29, 0.717) is 11.8 Å². The van der Waals surface area contributed by atoms with Crippen LogP contribution >= 0.6 is 0 Å². The Bertz CT molecular complexity index is 124. The molecule has 0 unspecified atom stereocenters. The van der Waals surface area contributed by atoms with Crippen LogP contribution in [0.1, 0.15) is 47.0 Å². The number of hydrogen-bond donors (Lipinski definition) is 1. The fourth-order valence-corrected chi connectivity index (χ4v) is 0.655. The van der Waals surface area contributed by atoms with Crippen molar-refractivity contribution >= 4 is 5.91 Å². The fourth-order valence-electron chi connectivity index (χ4n) is 0.655. The molecule has 3 heteroatoms. The topological polar surface area (TPSA) is 29.1 Å². The summed E-state index contributed by atoms with van der Waals surface area (Å²) < 4.78 is 0. The second-order valence-electron chi connectivity index (χ2n) is 4.12. The molecule has 84 valence electrons. The summed E-state index contributed by atoms with van der Waals surface area (Å²) in [5, 5.41) is 2.23. The average Bonchev–Trinajstić information content (AvgIpc) is 2.02. The van der Waals surface area contributed by atoms with Crippen molar-refractivity contribution in [2.75, 3.05) is 0 Å². The summed E-state index contributed by atoms with van der Waals surface area (Å²) in [6, 6.07) is 0. The molecular formula is C11H23NOW. The number of rotatable bonds is 2. The Morgan fingerprint density at radius 2 is 1.79 bits per heavy atom. The van der Waals surface area contributed by atoms with Crippen LogP contribution in [0.2, 0.25) is 0 Å². The van der Waals surface area contributed by atoms with Gasteiger partial charge in [0.2, 0.25) is 0 Å². The molecule has 0 aliphatic rings. The Balaban J connectivity index is -0.000000163. The van der Waals surface area contributed by atoms with Gasteiger partial charge in [-0.15, -0.1) is 0 Å². The van der Waals surface area contributed by atoms with Crippen molar-refractivity contribution in [1.29, 1.82) is 0 Å². The zero-order valence-electron chi connectivity index (χ0n) is 9.85. The smallest absolute Gasteiger partial charge is 0.508 e. The summed E-state index contributed by atoms with van der Waals surface area (Å²) in [6.45, 7) is 12.3. The fraction of sp³-hybridized carbons (Fsp3) is 0.727. The molecule has 0 aromatic carbocycles. The van der Waals surface area contributed by atoms with E-state index in [4.69, 9.17) is 0 Å². The third-order valence-corrected chi connectivity index (χ3v) is 1.45. The summed E-state index contributed by atoms with van der Waals surface area (Å²) in [7, 11) is 3.16. The maximum atomic E-state index is 10.0. The van der Waals surface area contributed by atoms with Gasteiger partial charge < -0.3 is 12.2 Å². The molecule has 0 aliphatic heterocycles. The molecule has 1 amide bonds. The number of amides is 1. The molecule has 0 aromatic heterocycles. The first-order valence-electron chi connectivity index (χ1n) is 4.72. The average molecular weight is 369 g/mol. The second-order valence-corrected chi connectivity index (χ2v) is 4.12. The number of nitrogens with one attached hydrogen (secondary N) is 1. The van der Waals surface area contributed by atoms with Crippen molar-refractivity contribution < 1.29 is 25.9 Å². The van der Waals surface area contributed by atoms with Crippen molar-refractivity contribution in [3.8, 4) is 0 Å². The quantitative estimate of drug-likeness (QED) is 0.746. The van der Waals surface area contributed by atoms with Crippen LogP contribution in [0.3, 0.4) is 0 Å². The molecule has 0 bridgehead atoms. The van der Waals surface area contributed by atoms with E-state index in [1.54, 1.807) is 6.92 Å². The van der Waals surface area contributed by atoms with E-state index >= 15 is 0 Å². The first-order chi connectivity index (χ1) is 5.87. The van der Waals surface area contributed by atoms with Crippen LogP contribution in [0.4, 0.5) is 0 Å². The normalized spacial score (nSPS) is 9.29. The number of carbonyl (C=O) groups excluding carboxylic acids is 1. The van der Waals surface area contributed by atoms with Gasteiger partial charge in [-0.1, -0.05) is 34.1 Å². The van der Waals surface area contributed by atoms with Crippen LogP contribution in [0.25, 0.3) is 0 Å². The third kappa shape index (κ3) is 22.7. The molecule has 2 nitrogen and oxygen atoms in total. The minimum atomic E-state index is -0.0185. The molecule has 0 radical (unpaired) electrons. The second kappa shape index (κ2) is 11.2. The monoisotopic (exact) mass is 369 g/mol. The first kappa shape index (κ1) is 19.7. The Kier molecular flexibility index (Phi) is 15.8. The van der Waals surface area contributed by atoms with Gasteiger partial charge in [0, 0.05) is 6.42 Å². The SMILES string of the molecule is [CH2-]CCC(C)(C)C.[CH2-]NC(=O)CC.[W+2]. The van der Waals surface area contributed by atoms with Crippen LogP contribution in [0, 0.1) is 19.4 Å². The Morgan fingerprint density at radius 3 is 1.79 bits per heavy atom. The summed E-state index contributed by atoms with van der Waals surface area (Å²) in [5.41, 5.74) is 0.488. The van der Waals surface area contributed by atoms with Crippen LogP contribution in [0.5, 0.6) is 0 Å². The van der Waals surface area contributed by atoms with Gasteiger partial charge in [0.1, 0.15) is 0 Å². The van der Waals surface area contributed by atoms with Gasteiger partial charge in [0.25, 0.3) is 0 Å². The largest absolute Gasteiger partial charge is 2.00 e. The third-order valence-electron chi connectivity index (χ3n) is 1.45. The van der Waals surface area contributed by atoms with Crippen molar-refractivity contribution in [2.45, 2.75) is 47.0 Å². The van der Waals surface area contributed by atoms with Gasteiger partial charge >= 0.3 is 21.1 Å². The maximum absolute atomic E-state index is 10.0. The van der Waals surface area contributed by atoms with Gasteiger partial charge in [-0.05, 0) is 5.41 Å². The minimum absolute atomic E-state index is 0. The first-order valence-corrected chi connectivity index (χ1v) is 4.72. The molecule has 0 aromatic rings. The molecule has 0 saturated heterocycles. The maximum Gasteiger partial charge on any atom is 2.00 e. The molecular weight excluding hydrogens is 346 g/mol. The summed E-state index contributed by atoms with van der Waals surface area (Å²) in [6.07, 6.45) is 2.81. The van der Waals surface area contributed by atoms with Gasteiger partial charge in [0.15, 0.2) is 5.91 Å². The van der Waals surface area contributed by atoms with Crippen molar-refractivity contribution in [1.82, 2.24) is 5.32 Å². The standard InChI is InChI=1S/C7H15.C4H8NO.W/c1-5-6-7(2,3)4;1-3-4(6)5-2;/h1,5-6H2,2-4H3;2-3H2,1H3,(H,5,6);/q2*-1;+2. The molecule has 14 heavy (non-hydrogen) atoms. The van der Waals surface area contributed by atoms with E-state index in [2.05, 4.69) is 40.1 Å². The molecule has 0 rings (SSSR count). The predicted octanol–water partition coefficient (Wildman–Crippen LogP) is 2.95. The van der Waals surface area contributed by atoms with Crippen LogP contribution in [0.15, 0.2) is 0 Å². The minimum Gasteiger partial charge on any atom is -0.508 e. The Morgan fingerprint density at radius 1 is 1.36 bits per heavy atom. The zero-order valence-corrected chi connectivity index (χ0v) is 12.8. The van der Waals surface area contributed by atoms with E-state index in [9.17, 15) is 4.79 Å². The zero-order chi connectivity index (χ0) is 10.9. The van der Waals surface area contributed by atoms with Crippen LogP contribution in [-0.4, -0.2) is 5.91 Å². The van der Waals surface area contributed by atoms with Gasteiger partial charge in [-0.3, -0.25) is 11.8 Å². The molecule has 1 N–H and O–H groups in total. The van der Waals surface area contributed by atoms with Crippen molar-refractivity contribution in [3.63, 3.8) is 0 Å². The predicted molar refractivity (Wildman–Crippen MR) is 57.8 cm³/mol. The van der Waals surface area contributed by atoms with E-state index in [0.717, 1.165) is 6.42 Å². The van der Waals surface area contributed by atoms with Gasteiger partial charge in [-0.25, -0.2) is 0 Å². The summed E-state index contributed by atoms with van der Waals surface area (Å²) >= 11 is 0.